The van der Waals surface area contributed by atoms with Crippen molar-refractivity contribution in [2.24, 2.45) is 11.0 Å². The Morgan fingerprint density at radius 3 is 2.68 bits per heavy atom. The van der Waals surface area contributed by atoms with E-state index < -0.39 is 24.0 Å². The molecule has 28 heavy (non-hydrogen) atoms. The first-order valence-electron chi connectivity index (χ1n) is 9.50. The number of alkyl halides is 3. The summed E-state index contributed by atoms with van der Waals surface area (Å²) in [7, 11) is 0. The van der Waals surface area contributed by atoms with E-state index in [-0.39, 0.29) is 37.3 Å². The number of hydrazone groups is 1. The molecule has 2 aliphatic rings. The normalized spacial score (nSPS) is 23.4. The minimum absolute atomic E-state index is 0.103. The number of nitrogens with one attached hydrogen (secondary N) is 1. The first-order chi connectivity index (χ1) is 13.1. The number of carbonyl (C=O) groups is 2. The van der Waals surface area contributed by atoms with Crippen molar-refractivity contribution in [2.45, 2.75) is 64.6 Å². The Balaban J connectivity index is 1.74. The van der Waals surface area contributed by atoms with Gasteiger partial charge in [0.05, 0.1) is 11.6 Å². The molecule has 2 amide bonds. The smallest absolute Gasteiger partial charge is 0.348 e. The number of hydrogen-bond donors (Lipinski definition) is 1. The highest BCUT2D eigenvalue weighted by Crippen LogP contribution is 2.37. The quantitative estimate of drug-likeness (QED) is 0.840. The summed E-state index contributed by atoms with van der Waals surface area (Å²) in [4.78, 5) is 24.9. The lowest BCUT2D eigenvalue weighted by Crippen LogP contribution is -2.46. The summed E-state index contributed by atoms with van der Waals surface area (Å²) in [6.45, 7) is 3.75. The number of benzene rings is 1. The maximum Gasteiger partial charge on any atom is 0.391 e. The zero-order chi connectivity index (χ0) is 20.5. The van der Waals surface area contributed by atoms with Gasteiger partial charge in [0, 0.05) is 18.9 Å². The summed E-state index contributed by atoms with van der Waals surface area (Å²) in [5.41, 5.74) is 2.60. The monoisotopic (exact) mass is 395 g/mol. The topological polar surface area (TPSA) is 61.8 Å². The molecule has 0 saturated heterocycles. The van der Waals surface area contributed by atoms with Crippen LogP contribution in [0.1, 0.15) is 49.7 Å². The zero-order valence-electron chi connectivity index (χ0n) is 16.0. The molecule has 1 aromatic rings. The molecule has 2 unspecified atom stereocenters. The molecule has 2 atom stereocenters. The van der Waals surface area contributed by atoms with Crippen molar-refractivity contribution in [3.63, 3.8) is 0 Å². The van der Waals surface area contributed by atoms with Crippen molar-refractivity contribution in [2.75, 3.05) is 5.01 Å². The zero-order valence-corrected chi connectivity index (χ0v) is 16.0. The van der Waals surface area contributed by atoms with Gasteiger partial charge in [-0.05, 0) is 50.3 Å². The predicted octanol–water partition coefficient (Wildman–Crippen LogP) is 4.02. The molecule has 1 N–H and O–H groups in total. The van der Waals surface area contributed by atoms with Gasteiger partial charge in [-0.15, -0.1) is 0 Å². The summed E-state index contributed by atoms with van der Waals surface area (Å²) in [6, 6.07) is 5.10. The number of nitrogens with zero attached hydrogens (tertiary/aromatic N) is 2. The lowest BCUT2D eigenvalue weighted by Gasteiger charge is -2.31. The summed E-state index contributed by atoms with van der Waals surface area (Å²) < 4.78 is 38.9. The largest absolute Gasteiger partial charge is 0.391 e. The maximum atomic E-state index is 13.0. The van der Waals surface area contributed by atoms with Crippen LogP contribution in [0, 0.1) is 19.8 Å². The van der Waals surface area contributed by atoms with Crippen LogP contribution < -0.4 is 10.3 Å². The van der Waals surface area contributed by atoms with E-state index in [1.165, 1.54) is 5.01 Å². The highest BCUT2D eigenvalue weighted by atomic mass is 19.4. The number of carbonyl (C=O) groups excluding carboxylic acids is 2. The third-order valence-corrected chi connectivity index (χ3v) is 5.36. The predicted molar refractivity (Wildman–Crippen MR) is 100 cm³/mol. The second-order valence-corrected chi connectivity index (χ2v) is 7.62. The molecular weight excluding hydrogens is 371 g/mol. The first-order valence-corrected chi connectivity index (χ1v) is 9.50. The molecular formula is C20H24F3N3O2. The van der Waals surface area contributed by atoms with Crippen LogP contribution in [0.5, 0.6) is 0 Å². The number of halogens is 3. The van der Waals surface area contributed by atoms with Gasteiger partial charge in [0.25, 0.3) is 5.91 Å². The summed E-state index contributed by atoms with van der Waals surface area (Å²) in [5.74, 6) is -2.08. The lowest BCUT2D eigenvalue weighted by molar-refractivity contribution is -0.183. The molecule has 3 rings (SSSR count). The number of rotatable bonds is 3. The average Bonchev–Trinajstić information content (AvgIpc) is 2.64. The Morgan fingerprint density at radius 1 is 1.21 bits per heavy atom. The Kier molecular flexibility index (Phi) is 5.76. The van der Waals surface area contributed by atoms with Gasteiger partial charge in [-0.25, -0.2) is 5.01 Å². The molecule has 1 aliphatic heterocycles. The Bertz CT molecular complexity index is 804. The minimum atomic E-state index is -4.24. The van der Waals surface area contributed by atoms with E-state index in [9.17, 15) is 22.8 Å². The summed E-state index contributed by atoms with van der Waals surface area (Å²) in [5, 5.41) is 8.17. The molecule has 1 aromatic carbocycles. The fraction of sp³-hybridized carbons (Fsp3) is 0.550. The Hall–Kier alpha value is -2.38. The van der Waals surface area contributed by atoms with Crippen molar-refractivity contribution in [3.05, 3.63) is 29.3 Å². The second kappa shape index (κ2) is 7.93. The van der Waals surface area contributed by atoms with Crippen LogP contribution in [0.15, 0.2) is 23.3 Å². The molecule has 0 radical (unpaired) electrons. The van der Waals surface area contributed by atoms with Crippen LogP contribution in [0.2, 0.25) is 0 Å². The number of amides is 2. The number of hydrogen-bond acceptors (Lipinski definition) is 3. The van der Waals surface area contributed by atoms with Crippen molar-refractivity contribution >= 4 is 23.2 Å². The fourth-order valence-electron chi connectivity index (χ4n) is 3.74. The van der Waals surface area contributed by atoms with Crippen LogP contribution in [-0.4, -0.2) is 29.7 Å². The molecule has 152 valence electrons. The second-order valence-electron chi connectivity index (χ2n) is 7.62. The highest BCUT2D eigenvalue weighted by molar-refractivity contribution is 6.40. The molecule has 0 aromatic heterocycles. The SMILES string of the molecule is Cc1ccc(C)c(N2N=C(C(=O)NC3CCCC(C(F)(F)F)C3)CCC2=O)c1. The van der Waals surface area contributed by atoms with E-state index in [0.717, 1.165) is 11.1 Å². The van der Waals surface area contributed by atoms with Gasteiger partial charge in [-0.3, -0.25) is 9.59 Å². The van der Waals surface area contributed by atoms with Gasteiger partial charge in [-0.2, -0.15) is 18.3 Å². The third-order valence-electron chi connectivity index (χ3n) is 5.36. The maximum absolute atomic E-state index is 13.0. The van der Waals surface area contributed by atoms with Gasteiger partial charge in [0.1, 0.15) is 5.71 Å². The van der Waals surface area contributed by atoms with Crippen molar-refractivity contribution in [1.29, 1.82) is 0 Å². The van der Waals surface area contributed by atoms with Gasteiger partial charge >= 0.3 is 6.18 Å². The molecule has 1 aliphatic carbocycles. The Labute approximate surface area is 162 Å². The van der Waals surface area contributed by atoms with Crippen molar-refractivity contribution in [3.8, 4) is 0 Å². The molecule has 0 bridgehead atoms. The molecule has 1 saturated carbocycles. The van der Waals surface area contributed by atoms with Crippen molar-refractivity contribution < 1.29 is 22.8 Å². The Morgan fingerprint density at radius 2 is 1.96 bits per heavy atom. The minimum Gasteiger partial charge on any atom is -0.348 e. The average molecular weight is 395 g/mol. The molecule has 0 spiro atoms. The lowest BCUT2D eigenvalue weighted by atomic mass is 9.85. The molecule has 1 heterocycles. The van der Waals surface area contributed by atoms with Crippen LogP contribution in [0.3, 0.4) is 0 Å². The number of anilines is 1. The summed E-state index contributed by atoms with van der Waals surface area (Å²) >= 11 is 0. The fourth-order valence-corrected chi connectivity index (χ4v) is 3.74. The standard InChI is InChI=1S/C20H24F3N3O2/c1-12-6-7-13(2)17(10-12)26-18(27)9-8-16(25-26)19(28)24-15-5-3-4-14(11-15)20(21,22)23/h6-7,10,14-15H,3-5,8-9,11H2,1-2H3,(H,24,28). The molecule has 8 heteroatoms. The van der Waals surface area contributed by atoms with Gasteiger partial charge in [0.15, 0.2) is 0 Å². The highest BCUT2D eigenvalue weighted by Gasteiger charge is 2.42. The van der Waals surface area contributed by atoms with Gasteiger partial charge in [-0.1, -0.05) is 18.6 Å². The van der Waals surface area contributed by atoms with E-state index >= 15 is 0 Å². The van der Waals surface area contributed by atoms with E-state index in [2.05, 4.69) is 10.4 Å². The molecule has 1 fully saturated rings. The van der Waals surface area contributed by atoms with E-state index in [4.69, 9.17) is 0 Å². The van der Waals surface area contributed by atoms with Crippen LogP contribution in [0.4, 0.5) is 18.9 Å². The summed E-state index contributed by atoms with van der Waals surface area (Å²) in [6.07, 6.45) is -2.98. The first kappa shape index (κ1) is 20.4. The van der Waals surface area contributed by atoms with Crippen molar-refractivity contribution in [1.82, 2.24) is 5.32 Å². The van der Waals surface area contributed by atoms with E-state index in [0.29, 0.717) is 18.5 Å². The van der Waals surface area contributed by atoms with Crippen LogP contribution >= 0.6 is 0 Å². The van der Waals surface area contributed by atoms with E-state index in [1.54, 1.807) is 0 Å². The number of aryl methyl sites for hydroxylation is 2. The van der Waals surface area contributed by atoms with E-state index in [1.807, 2.05) is 32.0 Å². The van der Waals surface area contributed by atoms with Gasteiger partial charge in [0.2, 0.25) is 5.91 Å². The molecule has 5 nitrogen and oxygen atoms in total. The van der Waals surface area contributed by atoms with Crippen LogP contribution in [0.25, 0.3) is 0 Å². The van der Waals surface area contributed by atoms with Crippen LogP contribution in [-0.2, 0) is 9.59 Å². The third kappa shape index (κ3) is 4.54. The van der Waals surface area contributed by atoms with Gasteiger partial charge < -0.3 is 5.32 Å².